The van der Waals surface area contributed by atoms with Crippen LogP contribution < -0.4 is 0 Å². The molecule has 0 amide bonds. The molecular weight excluding hydrogens is 208 g/mol. The van der Waals surface area contributed by atoms with Crippen LogP contribution in [0.25, 0.3) is 0 Å². The van der Waals surface area contributed by atoms with Crippen molar-refractivity contribution in [2.75, 3.05) is 0 Å². The van der Waals surface area contributed by atoms with Crippen LogP contribution in [-0.4, -0.2) is 29.3 Å². The molecule has 0 aromatic carbocycles. The van der Waals surface area contributed by atoms with E-state index in [1.54, 1.807) is 0 Å². The van der Waals surface area contributed by atoms with E-state index < -0.39 is 18.1 Å². The van der Waals surface area contributed by atoms with Gasteiger partial charge in [0.1, 0.15) is 0 Å². The van der Waals surface area contributed by atoms with E-state index in [1.807, 2.05) is 0 Å². The van der Waals surface area contributed by atoms with E-state index in [1.165, 1.54) is 4.99 Å². The highest BCUT2D eigenvalue weighted by atomic mass is 19.4. The number of carbonyl (C=O) groups excluding carboxylic acids is 1. The minimum absolute atomic E-state index is 0.00639. The van der Waals surface area contributed by atoms with Crippen LogP contribution in [0.1, 0.15) is 0 Å². The molecule has 0 heterocycles. The summed E-state index contributed by atoms with van der Waals surface area (Å²) in [7, 11) is 0. The molecule has 0 aromatic heterocycles. The Labute approximate surface area is 66.7 Å². The Hall–Kier alpha value is -1.08. The number of aliphatic imine (C=N–C) groups is 1. The van der Waals surface area contributed by atoms with Crippen molar-refractivity contribution in [1.29, 1.82) is 0 Å². The predicted octanol–water partition coefficient (Wildman–Crippen LogP) is 1.14. The number of hydrogen-bond donors (Lipinski definition) is 1. The Balaban J connectivity index is 5.33. The predicted molar refractivity (Wildman–Crippen MR) is 25.2 cm³/mol. The average Bonchev–Trinajstić information content (AvgIpc) is 1.82. The molecule has 0 atom stereocenters. The minimum atomic E-state index is -6.11. The molecule has 0 radical (unpaired) electrons. The lowest BCUT2D eigenvalue weighted by molar-refractivity contribution is -0.364. The van der Waals surface area contributed by atoms with Gasteiger partial charge in [-0.3, -0.25) is 0 Å². The molecule has 0 unspecified atom stereocenters. The van der Waals surface area contributed by atoms with Gasteiger partial charge >= 0.3 is 18.1 Å². The maximum Gasteiger partial charge on any atom is 0.448 e. The van der Waals surface area contributed by atoms with Crippen molar-refractivity contribution >= 4 is 6.08 Å². The Morgan fingerprint density at radius 2 is 1.31 bits per heavy atom. The van der Waals surface area contributed by atoms with Crippen molar-refractivity contribution in [3.63, 3.8) is 0 Å². The van der Waals surface area contributed by atoms with Gasteiger partial charge in [-0.15, -0.1) is 0 Å². The number of alkyl halides is 6. The number of nitrogens with zero attached hydrogens (tertiary/aromatic N) is 1. The van der Waals surface area contributed by atoms with E-state index in [4.69, 9.17) is 5.11 Å². The molecule has 0 aliphatic heterocycles. The van der Waals surface area contributed by atoms with Gasteiger partial charge in [0.15, 0.2) is 0 Å². The summed E-state index contributed by atoms with van der Waals surface area (Å²) in [6.45, 7) is 0. The molecule has 13 heavy (non-hydrogen) atoms. The van der Waals surface area contributed by atoms with E-state index in [0.717, 1.165) is 0 Å². The van der Waals surface area contributed by atoms with Gasteiger partial charge in [0, 0.05) is 0 Å². The van der Waals surface area contributed by atoms with Crippen LogP contribution in [0.15, 0.2) is 4.99 Å². The van der Waals surface area contributed by atoms with Gasteiger partial charge < -0.3 is 5.11 Å². The molecule has 0 aromatic rings. The second kappa shape index (κ2) is 3.00. The molecule has 3 nitrogen and oxygen atoms in total. The molecule has 0 spiro atoms. The summed E-state index contributed by atoms with van der Waals surface area (Å²) in [4.78, 5) is 10.6. The van der Waals surface area contributed by atoms with Gasteiger partial charge in [-0.1, -0.05) is 0 Å². The molecule has 76 valence electrons. The number of isocyanates is 1. The second-order valence-corrected chi connectivity index (χ2v) is 1.87. The van der Waals surface area contributed by atoms with Gasteiger partial charge in [-0.25, -0.2) is 4.79 Å². The monoisotopic (exact) mass is 209 g/mol. The van der Waals surface area contributed by atoms with Gasteiger partial charge in [-0.2, -0.15) is 31.3 Å². The Morgan fingerprint density at radius 3 is 1.38 bits per heavy atom. The summed E-state index contributed by atoms with van der Waals surface area (Å²) >= 11 is 0. The maximum absolute atomic E-state index is 11.5. The lowest BCUT2D eigenvalue weighted by atomic mass is 10.2. The van der Waals surface area contributed by atoms with Crippen LogP contribution in [0, 0.1) is 0 Å². The Bertz CT molecular complexity index is 222. The highest BCUT2D eigenvalue weighted by Crippen LogP contribution is 2.43. The summed E-state index contributed by atoms with van der Waals surface area (Å²) in [5, 5.41) is 8.01. The first-order valence-electron chi connectivity index (χ1n) is 2.51. The highest BCUT2D eigenvalue weighted by Gasteiger charge is 2.71. The number of hydrogen-bond acceptors (Lipinski definition) is 3. The number of aliphatic hydroxyl groups is 1. The molecule has 0 bridgehead atoms. The van der Waals surface area contributed by atoms with Crippen LogP contribution in [0.4, 0.5) is 26.3 Å². The zero-order valence-electron chi connectivity index (χ0n) is 5.57. The Kier molecular flexibility index (Phi) is 2.75. The summed E-state index contributed by atoms with van der Waals surface area (Å²) in [5.74, 6) is 0. The minimum Gasteiger partial charge on any atom is -0.355 e. The maximum atomic E-state index is 11.5. The third-order valence-electron chi connectivity index (χ3n) is 0.998. The topological polar surface area (TPSA) is 49.7 Å². The smallest absolute Gasteiger partial charge is 0.355 e. The summed E-state index contributed by atoms with van der Waals surface area (Å²) in [5.41, 5.74) is -5.37. The van der Waals surface area contributed by atoms with Gasteiger partial charge in [0.2, 0.25) is 6.08 Å². The molecule has 9 heteroatoms. The first-order valence-corrected chi connectivity index (χ1v) is 2.51. The summed E-state index contributed by atoms with van der Waals surface area (Å²) < 4.78 is 69.3. The molecule has 0 aliphatic rings. The second-order valence-electron chi connectivity index (χ2n) is 1.87. The van der Waals surface area contributed by atoms with E-state index in [-0.39, 0.29) is 6.08 Å². The quantitative estimate of drug-likeness (QED) is 0.400. The van der Waals surface area contributed by atoms with Crippen molar-refractivity contribution in [2.45, 2.75) is 18.1 Å². The van der Waals surface area contributed by atoms with Crippen molar-refractivity contribution in [3.05, 3.63) is 0 Å². The first kappa shape index (κ1) is 11.9. The van der Waals surface area contributed by atoms with Crippen molar-refractivity contribution < 1.29 is 36.2 Å². The molecule has 1 N–H and O–H groups in total. The van der Waals surface area contributed by atoms with Gasteiger partial charge in [0.05, 0.1) is 0 Å². The first-order chi connectivity index (χ1) is 5.56. The number of rotatable bonds is 1. The third-order valence-corrected chi connectivity index (χ3v) is 0.998. The zero-order valence-corrected chi connectivity index (χ0v) is 5.57. The van der Waals surface area contributed by atoms with E-state index in [0.29, 0.717) is 0 Å². The Morgan fingerprint density at radius 1 is 1.00 bits per heavy atom. The zero-order chi connectivity index (χ0) is 10.9. The van der Waals surface area contributed by atoms with E-state index in [2.05, 4.69) is 0 Å². The molecule has 0 aliphatic carbocycles. The van der Waals surface area contributed by atoms with Crippen LogP contribution in [0.5, 0.6) is 0 Å². The van der Waals surface area contributed by atoms with Crippen molar-refractivity contribution in [2.24, 2.45) is 4.99 Å². The lowest BCUT2D eigenvalue weighted by Crippen LogP contribution is -2.55. The van der Waals surface area contributed by atoms with Gasteiger partial charge in [0.25, 0.3) is 0 Å². The van der Waals surface area contributed by atoms with Gasteiger partial charge in [-0.05, 0) is 0 Å². The normalized spacial score (nSPS) is 13.8. The molecule has 0 saturated carbocycles. The average molecular weight is 209 g/mol. The highest BCUT2D eigenvalue weighted by molar-refractivity contribution is 5.35. The summed E-state index contributed by atoms with van der Waals surface area (Å²) in [6, 6.07) is 0. The van der Waals surface area contributed by atoms with Crippen molar-refractivity contribution in [3.8, 4) is 0 Å². The van der Waals surface area contributed by atoms with Crippen LogP contribution >= 0.6 is 0 Å². The molecule has 0 rings (SSSR count). The third kappa shape index (κ3) is 1.99. The van der Waals surface area contributed by atoms with Crippen LogP contribution in [0.3, 0.4) is 0 Å². The van der Waals surface area contributed by atoms with Crippen molar-refractivity contribution in [1.82, 2.24) is 0 Å². The fourth-order valence-corrected chi connectivity index (χ4v) is 0.354. The standard InChI is InChI=1S/C4HF6NO2/c5-3(6,7)2(13,11-1-12)4(8,9)10/h13H. The fourth-order valence-electron chi connectivity index (χ4n) is 0.354. The lowest BCUT2D eigenvalue weighted by Gasteiger charge is -2.26. The molecule has 0 fully saturated rings. The van der Waals surface area contributed by atoms with E-state index in [9.17, 15) is 31.1 Å². The molecule has 0 saturated heterocycles. The van der Waals surface area contributed by atoms with Crippen LogP contribution in [-0.2, 0) is 4.79 Å². The van der Waals surface area contributed by atoms with Crippen LogP contribution in [0.2, 0.25) is 0 Å². The SMILES string of the molecule is O=C=NC(O)(C(F)(F)F)C(F)(F)F. The number of halogens is 6. The summed E-state index contributed by atoms with van der Waals surface area (Å²) in [6.07, 6.45) is -12.2. The fraction of sp³-hybridized carbons (Fsp3) is 0.750. The van der Waals surface area contributed by atoms with E-state index >= 15 is 0 Å². The molecular formula is C4HF6NO2. The largest absolute Gasteiger partial charge is 0.448 e.